The number of aromatic nitrogens is 3. The second-order valence-corrected chi connectivity index (χ2v) is 9.46. The molecule has 0 atom stereocenters. The van der Waals surface area contributed by atoms with Gasteiger partial charge >= 0.3 is 0 Å². The normalized spacial score (nSPS) is 11.9. The first-order valence-corrected chi connectivity index (χ1v) is 12.1. The second-order valence-electron chi connectivity index (χ2n) is 9.46. The first-order chi connectivity index (χ1) is 17.1. The number of pyridine rings is 1. The van der Waals surface area contributed by atoms with Crippen LogP contribution in [0.3, 0.4) is 0 Å². The van der Waals surface area contributed by atoms with E-state index in [0.29, 0.717) is 0 Å². The number of fused-ring (bicyclic) bond motifs is 5. The summed E-state index contributed by atoms with van der Waals surface area (Å²) < 4.78 is 6.97. The average molecular weight is 453 g/mol. The molecule has 168 valence electrons. The van der Waals surface area contributed by atoms with Gasteiger partial charge in [-0.15, -0.1) is 0 Å². The summed E-state index contributed by atoms with van der Waals surface area (Å²) in [6.45, 7) is 2.24. The van der Waals surface area contributed by atoms with Gasteiger partial charge in [-0.05, 0) is 48.9 Å². The van der Waals surface area contributed by atoms with Crippen LogP contribution in [0, 0.1) is 6.92 Å². The van der Waals surface area contributed by atoms with Crippen molar-refractivity contribution < 1.29 is 4.57 Å². The van der Waals surface area contributed by atoms with Crippen molar-refractivity contribution in [2.45, 2.75) is 6.92 Å². The number of nitrogens with zero attached hydrogens (tertiary/aromatic N) is 3. The Morgan fingerprint density at radius 1 is 0.629 bits per heavy atom. The molecule has 0 amide bonds. The van der Waals surface area contributed by atoms with Gasteiger partial charge in [0.2, 0.25) is 11.2 Å². The molecule has 0 aliphatic heterocycles. The number of hydrogen-bond acceptors (Lipinski definition) is 0. The fraction of sp³-hybridized carbons (Fsp3) is 0.0938. The van der Waals surface area contributed by atoms with E-state index in [9.17, 15) is 0 Å². The molecule has 7 rings (SSSR count). The summed E-state index contributed by atoms with van der Waals surface area (Å²) in [4.78, 5) is 0. The molecule has 4 aromatic carbocycles. The summed E-state index contributed by atoms with van der Waals surface area (Å²) in [7, 11) is 4.29. The van der Waals surface area contributed by atoms with Crippen molar-refractivity contribution in [3.8, 4) is 16.9 Å². The highest BCUT2D eigenvalue weighted by molar-refractivity contribution is 6.10. The lowest BCUT2D eigenvalue weighted by Gasteiger charge is -2.14. The molecule has 0 unspecified atom stereocenters. The van der Waals surface area contributed by atoms with Crippen molar-refractivity contribution in [2.75, 3.05) is 0 Å². The highest BCUT2D eigenvalue weighted by Gasteiger charge is 2.23. The van der Waals surface area contributed by atoms with E-state index in [2.05, 4.69) is 138 Å². The molecular weight excluding hydrogens is 426 g/mol. The molecule has 0 saturated heterocycles. The Morgan fingerprint density at radius 2 is 1.26 bits per heavy atom. The maximum Gasteiger partial charge on any atom is 0.215 e. The number of para-hydroxylation sites is 3. The summed E-state index contributed by atoms with van der Waals surface area (Å²) in [6.07, 6.45) is 2.14. The third-order valence-corrected chi connectivity index (χ3v) is 7.61. The van der Waals surface area contributed by atoms with Crippen molar-refractivity contribution in [3.63, 3.8) is 0 Å². The number of benzene rings is 4. The van der Waals surface area contributed by atoms with Crippen LogP contribution in [0.15, 0.2) is 103 Å². The number of rotatable bonds is 2. The molecule has 0 radical (unpaired) electrons. The van der Waals surface area contributed by atoms with Gasteiger partial charge in [0.05, 0.1) is 22.1 Å². The summed E-state index contributed by atoms with van der Waals surface area (Å²) >= 11 is 0. The topological polar surface area (TPSA) is 13.7 Å². The molecule has 7 aromatic rings. The van der Waals surface area contributed by atoms with Crippen LogP contribution in [-0.2, 0) is 14.1 Å². The van der Waals surface area contributed by atoms with Crippen molar-refractivity contribution in [1.29, 1.82) is 0 Å². The number of aryl methyl sites for hydroxylation is 3. The molecule has 0 aliphatic rings. The smallest absolute Gasteiger partial charge is 0.215 e. The van der Waals surface area contributed by atoms with E-state index in [1.54, 1.807) is 0 Å². The lowest BCUT2D eigenvalue weighted by Crippen LogP contribution is -2.32. The fourth-order valence-corrected chi connectivity index (χ4v) is 5.82. The van der Waals surface area contributed by atoms with Crippen molar-refractivity contribution in [1.82, 2.24) is 9.13 Å². The van der Waals surface area contributed by atoms with Crippen molar-refractivity contribution in [2.24, 2.45) is 14.1 Å². The van der Waals surface area contributed by atoms with Crippen molar-refractivity contribution >= 4 is 43.6 Å². The molecule has 35 heavy (non-hydrogen) atoms. The predicted octanol–water partition coefficient (Wildman–Crippen LogP) is 7.23. The maximum atomic E-state index is 2.44. The Balaban J connectivity index is 1.63. The summed E-state index contributed by atoms with van der Waals surface area (Å²) in [5.74, 6) is 0. The molecular formula is C32H26N3+. The zero-order valence-electron chi connectivity index (χ0n) is 20.2. The lowest BCUT2D eigenvalue weighted by atomic mass is 9.99. The SMILES string of the molecule is Cc1c(-c2cc(-n3c4ccccc4c4ccccc43)c3ccccc3[n+]2C)ccc2c1ccn2C. The van der Waals surface area contributed by atoms with Crippen LogP contribution in [-0.4, -0.2) is 9.13 Å². The minimum atomic E-state index is 1.21. The fourth-order valence-electron chi connectivity index (χ4n) is 5.82. The molecule has 0 saturated carbocycles. The van der Waals surface area contributed by atoms with Gasteiger partial charge in [-0.2, -0.15) is 4.57 Å². The Hall–Kier alpha value is -4.37. The molecule has 0 fully saturated rings. The minimum absolute atomic E-state index is 1.21. The number of hydrogen-bond donors (Lipinski definition) is 0. The van der Waals surface area contributed by atoms with Gasteiger partial charge in [-0.1, -0.05) is 48.5 Å². The molecule has 0 bridgehead atoms. The van der Waals surface area contributed by atoms with E-state index in [-0.39, 0.29) is 0 Å². The van der Waals surface area contributed by atoms with Crippen LogP contribution in [0.5, 0.6) is 0 Å². The summed E-state index contributed by atoms with van der Waals surface area (Å²) in [5, 5.41) is 5.10. The van der Waals surface area contributed by atoms with Gasteiger partial charge in [0.15, 0.2) is 0 Å². The van der Waals surface area contributed by atoms with E-state index < -0.39 is 0 Å². The van der Waals surface area contributed by atoms with Gasteiger partial charge in [0.25, 0.3) is 0 Å². The lowest BCUT2D eigenvalue weighted by molar-refractivity contribution is -0.633. The van der Waals surface area contributed by atoms with Gasteiger partial charge in [0.1, 0.15) is 7.05 Å². The maximum absolute atomic E-state index is 2.44. The van der Waals surface area contributed by atoms with E-state index in [1.807, 2.05) is 0 Å². The zero-order chi connectivity index (χ0) is 23.7. The molecule has 0 N–H and O–H groups in total. The summed E-state index contributed by atoms with van der Waals surface area (Å²) in [5.41, 5.74) is 9.93. The van der Waals surface area contributed by atoms with E-state index >= 15 is 0 Å². The Kier molecular flexibility index (Phi) is 4.19. The first-order valence-electron chi connectivity index (χ1n) is 12.1. The Bertz CT molecular complexity index is 1880. The predicted molar refractivity (Wildman–Crippen MR) is 146 cm³/mol. The molecule has 3 heterocycles. The van der Waals surface area contributed by atoms with Gasteiger partial charge in [-0.25, -0.2) is 0 Å². The molecule has 3 nitrogen and oxygen atoms in total. The minimum Gasteiger partial charge on any atom is -0.351 e. The van der Waals surface area contributed by atoms with Crippen LogP contribution in [0.4, 0.5) is 0 Å². The van der Waals surface area contributed by atoms with Crippen LogP contribution >= 0.6 is 0 Å². The summed E-state index contributed by atoms with van der Waals surface area (Å²) in [6, 6.07) is 35.3. The third kappa shape index (κ3) is 2.75. The van der Waals surface area contributed by atoms with E-state index in [0.717, 1.165) is 0 Å². The van der Waals surface area contributed by atoms with Crippen molar-refractivity contribution in [3.05, 3.63) is 109 Å². The van der Waals surface area contributed by atoms with Gasteiger partial charge in [-0.3, -0.25) is 0 Å². The highest BCUT2D eigenvalue weighted by Crippen LogP contribution is 2.36. The Labute approximate surface area is 204 Å². The zero-order valence-corrected chi connectivity index (χ0v) is 20.2. The standard InChI is InChI=1S/C32H26N3/c1-21-22(16-17-27-23(21)18-19-33(27)2)31-20-32(26-12-6-7-13-28(26)34(31)3)35-29-14-8-4-10-24(29)25-11-5-9-15-30(25)35/h4-20H,1-3H3/q+1. The highest BCUT2D eigenvalue weighted by atomic mass is 15.0. The van der Waals surface area contributed by atoms with E-state index in [1.165, 1.54) is 66.1 Å². The van der Waals surface area contributed by atoms with Crippen LogP contribution in [0.2, 0.25) is 0 Å². The quantitative estimate of drug-likeness (QED) is 0.246. The van der Waals surface area contributed by atoms with E-state index in [4.69, 9.17) is 0 Å². The largest absolute Gasteiger partial charge is 0.351 e. The third-order valence-electron chi connectivity index (χ3n) is 7.61. The average Bonchev–Trinajstić information content (AvgIpc) is 3.44. The second kappa shape index (κ2) is 7.31. The molecule has 3 heteroatoms. The van der Waals surface area contributed by atoms with Gasteiger partial charge in [0, 0.05) is 52.6 Å². The molecule has 0 aliphatic carbocycles. The van der Waals surface area contributed by atoms with Crippen LogP contribution in [0.1, 0.15) is 5.56 Å². The Morgan fingerprint density at radius 3 is 1.97 bits per heavy atom. The monoisotopic (exact) mass is 452 g/mol. The van der Waals surface area contributed by atoms with Gasteiger partial charge < -0.3 is 9.13 Å². The first kappa shape index (κ1) is 20.0. The molecule has 3 aromatic heterocycles. The van der Waals surface area contributed by atoms with Crippen LogP contribution < -0.4 is 4.57 Å². The molecule has 0 spiro atoms. The van der Waals surface area contributed by atoms with Crippen LogP contribution in [0.25, 0.3) is 60.6 Å².